The fraction of sp³-hybridized carbons (Fsp3) is 0.0769. The monoisotopic (exact) mass is 243 g/mol. The minimum atomic E-state index is -0.539. The molecule has 0 spiro atoms. The van der Waals surface area contributed by atoms with Crippen molar-refractivity contribution in [2.24, 2.45) is 0 Å². The highest BCUT2D eigenvalue weighted by Gasteiger charge is 2.27. The number of nitro groups is 1. The first-order valence-electron chi connectivity index (χ1n) is 5.41. The molecule has 0 saturated carbocycles. The van der Waals surface area contributed by atoms with Crippen molar-refractivity contribution in [3.63, 3.8) is 0 Å². The fourth-order valence-electron chi connectivity index (χ4n) is 1.80. The summed E-state index contributed by atoms with van der Waals surface area (Å²) in [6, 6.07) is 13.7. The molecule has 18 heavy (non-hydrogen) atoms. The van der Waals surface area contributed by atoms with Crippen LogP contribution in [0, 0.1) is 10.1 Å². The summed E-state index contributed by atoms with van der Waals surface area (Å²) in [6.45, 7) is 0. The van der Waals surface area contributed by atoms with Gasteiger partial charge < -0.3 is 9.47 Å². The van der Waals surface area contributed by atoms with Crippen LogP contribution in [0.5, 0.6) is 11.5 Å². The summed E-state index contributed by atoms with van der Waals surface area (Å²) in [6.07, 6.45) is -0.539. The summed E-state index contributed by atoms with van der Waals surface area (Å²) < 4.78 is 11.1. The summed E-state index contributed by atoms with van der Waals surface area (Å²) in [4.78, 5) is 10.2. The lowest BCUT2D eigenvalue weighted by atomic mass is 10.2. The first kappa shape index (κ1) is 10.6. The van der Waals surface area contributed by atoms with Crippen LogP contribution >= 0.6 is 0 Å². The van der Waals surface area contributed by atoms with Gasteiger partial charge in [0, 0.05) is 11.6 Å². The molecule has 0 saturated heterocycles. The minimum Gasteiger partial charge on any atom is -0.447 e. The van der Waals surface area contributed by atoms with Crippen molar-refractivity contribution >= 4 is 5.69 Å². The van der Waals surface area contributed by atoms with Gasteiger partial charge in [-0.2, -0.15) is 0 Å². The number of benzene rings is 2. The van der Waals surface area contributed by atoms with Crippen LogP contribution in [0.3, 0.4) is 0 Å². The number of non-ortho nitro benzene ring substituents is 1. The molecule has 5 heteroatoms. The summed E-state index contributed by atoms with van der Waals surface area (Å²) in [7, 11) is 0. The number of nitrogens with zero attached hydrogens (tertiary/aromatic N) is 1. The Morgan fingerprint density at radius 2 is 1.72 bits per heavy atom. The molecule has 2 aromatic carbocycles. The number of fused-ring (bicyclic) bond motifs is 1. The Balaban J connectivity index is 1.90. The number of hydrogen-bond donors (Lipinski definition) is 0. The lowest BCUT2D eigenvalue weighted by molar-refractivity contribution is -0.384. The topological polar surface area (TPSA) is 61.6 Å². The highest BCUT2D eigenvalue weighted by atomic mass is 16.7. The maximum absolute atomic E-state index is 10.7. The fourth-order valence-corrected chi connectivity index (χ4v) is 1.80. The van der Waals surface area contributed by atoms with Gasteiger partial charge in [0.1, 0.15) is 0 Å². The maximum Gasteiger partial charge on any atom is 0.273 e. The zero-order valence-corrected chi connectivity index (χ0v) is 9.28. The minimum absolute atomic E-state index is 0.00828. The standard InChI is InChI=1S/C13H9NO4/c15-14(16)10-6-7-11-12(8-10)18-13(17-11)9-4-2-1-3-5-9/h1-8,13H/t13-/m1/s1. The van der Waals surface area contributed by atoms with Crippen molar-refractivity contribution in [3.8, 4) is 11.5 Å². The largest absolute Gasteiger partial charge is 0.447 e. The molecule has 1 heterocycles. The second-order valence-corrected chi connectivity index (χ2v) is 3.87. The van der Waals surface area contributed by atoms with Crippen LogP contribution in [-0.2, 0) is 0 Å². The molecule has 90 valence electrons. The van der Waals surface area contributed by atoms with Gasteiger partial charge in [0.15, 0.2) is 11.5 Å². The Morgan fingerprint density at radius 3 is 2.44 bits per heavy atom. The molecule has 1 aliphatic rings. The summed E-state index contributed by atoms with van der Waals surface area (Å²) in [5.74, 6) is 0.924. The van der Waals surface area contributed by atoms with Gasteiger partial charge in [-0.25, -0.2) is 0 Å². The molecule has 5 nitrogen and oxygen atoms in total. The first-order chi connectivity index (χ1) is 8.74. The average molecular weight is 243 g/mol. The molecule has 1 atom stereocenters. The van der Waals surface area contributed by atoms with Gasteiger partial charge in [0.05, 0.1) is 11.0 Å². The van der Waals surface area contributed by atoms with E-state index in [4.69, 9.17) is 9.47 Å². The van der Waals surface area contributed by atoms with Gasteiger partial charge in [-0.05, 0) is 6.07 Å². The van der Waals surface area contributed by atoms with Gasteiger partial charge in [-0.1, -0.05) is 30.3 Å². The van der Waals surface area contributed by atoms with E-state index >= 15 is 0 Å². The third-order valence-corrected chi connectivity index (χ3v) is 2.68. The predicted molar refractivity (Wildman–Crippen MR) is 63.5 cm³/mol. The van der Waals surface area contributed by atoms with E-state index in [-0.39, 0.29) is 5.69 Å². The zero-order chi connectivity index (χ0) is 12.5. The molecular formula is C13H9NO4. The lowest BCUT2D eigenvalue weighted by Gasteiger charge is -2.09. The van der Waals surface area contributed by atoms with Crippen molar-refractivity contribution in [2.45, 2.75) is 6.29 Å². The zero-order valence-electron chi connectivity index (χ0n) is 9.28. The van der Waals surface area contributed by atoms with Crippen molar-refractivity contribution < 1.29 is 14.4 Å². The van der Waals surface area contributed by atoms with Gasteiger partial charge in [0.25, 0.3) is 12.0 Å². The molecule has 0 N–H and O–H groups in total. The molecule has 2 aromatic rings. The van der Waals surface area contributed by atoms with E-state index in [1.807, 2.05) is 30.3 Å². The molecule has 0 radical (unpaired) electrons. The predicted octanol–water partition coefficient (Wildman–Crippen LogP) is 3.06. The van der Waals surface area contributed by atoms with Crippen LogP contribution < -0.4 is 9.47 Å². The van der Waals surface area contributed by atoms with Gasteiger partial charge in [-0.15, -0.1) is 0 Å². The number of nitro benzene ring substituents is 1. The van der Waals surface area contributed by atoms with Gasteiger partial charge in [0.2, 0.25) is 0 Å². The van der Waals surface area contributed by atoms with E-state index in [0.717, 1.165) is 5.56 Å². The summed E-state index contributed by atoms with van der Waals surface area (Å²) >= 11 is 0. The summed E-state index contributed by atoms with van der Waals surface area (Å²) in [5.41, 5.74) is 0.863. The van der Waals surface area contributed by atoms with Crippen LogP contribution in [0.25, 0.3) is 0 Å². The normalized spacial score (nSPS) is 16.6. The Labute approximate surface area is 103 Å². The lowest BCUT2D eigenvalue weighted by Crippen LogP contribution is -2.07. The molecular weight excluding hydrogens is 234 g/mol. The SMILES string of the molecule is O=[N+]([O-])c1ccc2c(c1)O[C@H](c1ccccc1)O2. The van der Waals surface area contributed by atoms with Crippen molar-refractivity contribution in [3.05, 3.63) is 64.2 Å². The molecule has 0 aliphatic carbocycles. The van der Waals surface area contributed by atoms with E-state index < -0.39 is 11.2 Å². The van der Waals surface area contributed by atoms with Gasteiger partial charge in [-0.3, -0.25) is 10.1 Å². The Morgan fingerprint density at radius 1 is 1.00 bits per heavy atom. The van der Waals surface area contributed by atoms with Crippen LogP contribution in [-0.4, -0.2) is 4.92 Å². The van der Waals surface area contributed by atoms with Crippen LogP contribution in [0.2, 0.25) is 0 Å². The Bertz CT molecular complexity index is 597. The first-order valence-corrected chi connectivity index (χ1v) is 5.41. The number of rotatable bonds is 2. The van der Waals surface area contributed by atoms with Crippen molar-refractivity contribution in [2.75, 3.05) is 0 Å². The second-order valence-electron chi connectivity index (χ2n) is 3.87. The smallest absolute Gasteiger partial charge is 0.273 e. The van der Waals surface area contributed by atoms with Crippen molar-refractivity contribution in [1.29, 1.82) is 0 Å². The molecule has 1 aliphatic heterocycles. The highest BCUT2D eigenvalue weighted by molar-refractivity contribution is 5.50. The molecule has 0 amide bonds. The summed E-state index contributed by atoms with van der Waals surface area (Å²) in [5, 5.41) is 10.7. The average Bonchev–Trinajstić information content (AvgIpc) is 2.82. The van der Waals surface area contributed by atoms with Crippen LogP contribution in [0.1, 0.15) is 11.9 Å². The van der Waals surface area contributed by atoms with Gasteiger partial charge >= 0.3 is 0 Å². The van der Waals surface area contributed by atoms with Crippen LogP contribution in [0.4, 0.5) is 5.69 Å². The maximum atomic E-state index is 10.7. The molecule has 0 aromatic heterocycles. The van der Waals surface area contributed by atoms with E-state index in [2.05, 4.69) is 0 Å². The van der Waals surface area contributed by atoms with Crippen LogP contribution in [0.15, 0.2) is 48.5 Å². The molecule has 0 fully saturated rings. The Kier molecular flexibility index (Phi) is 2.37. The van der Waals surface area contributed by atoms with Crippen molar-refractivity contribution in [1.82, 2.24) is 0 Å². The van der Waals surface area contributed by atoms with E-state index in [9.17, 15) is 10.1 Å². The number of hydrogen-bond acceptors (Lipinski definition) is 4. The van der Waals surface area contributed by atoms with E-state index in [0.29, 0.717) is 11.5 Å². The molecule has 0 bridgehead atoms. The second kappa shape index (κ2) is 4.03. The van der Waals surface area contributed by atoms with E-state index in [1.165, 1.54) is 12.1 Å². The number of ether oxygens (including phenoxy) is 2. The highest BCUT2D eigenvalue weighted by Crippen LogP contribution is 2.42. The third kappa shape index (κ3) is 1.75. The quantitative estimate of drug-likeness (QED) is 0.600. The molecule has 0 unspecified atom stereocenters. The van der Waals surface area contributed by atoms with E-state index in [1.54, 1.807) is 6.07 Å². The molecule has 3 rings (SSSR count). The third-order valence-electron chi connectivity index (χ3n) is 2.68. The Hall–Kier alpha value is -2.56.